The van der Waals surface area contributed by atoms with Crippen molar-refractivity contribution in [2.24, 2.45) is 23.3 Å². The summed E-state index contributed by atoms with van der Waals surface area (Å²) in [6.45, 7) is 8.28. The maximum atomic E-state index is 12.9. The number of nitrogens with one attached hydrogen (secondary N) is 3. The molecule has 33 heavy (non-hydrogen) atoms. The fourth-order valence-corrected chi connectivity index (χ4v) is 2.92. The Morgan fingerprint density at radius 3 is 1.76 bits per heavy atom. The molecule has 0 radical (unpaired) electrons. The van der Waals surface area contributed by atoms with E-state index in [4.69, 9.17) is 11.5 Å². The van der Waals surface area contributed by atoms with Gasteiger partial charge in [-0.1, -0.05) is 40.5 Å². The lowest BCUT2D eigenvalue weighted by Gasteiger charge is -2.28. The maximum absolute atomic E-state index is 12.9. The number of aliphatic hydroxyl groups excluding tert-OH is 1. The minimum Gasteiger partial charge on any atom is -0.480 e. The molecule has 7 atom stereocenters. The van der Waals surface area contributed by atoms with Crippen LogP contribution in [0.5, 0.6) is 0 Å². The lowest BCUT2D eigenvalue weighted by atomic mass is 9.98. The molecule has 12 nitrogen and oxygen atoms in total. The zero-order valence-electron chi connectivity index (χ0n) is 20.0. The molecule has 9 N–H and O–H groups in total. The molecule has 0 aliphatic carbocycles. The van der Waals surface area contributed by atoms with Crippen molar-refractivity contribution in [3.63, 3.8) is 0 Å². The molecule has 0 rings (SSSR count). The first-order valence-corrected chi connectivity index (χ1v) is 11.1. The van der Waals surface area contributed by atoms with Crippen molar-refractivity contribution in [1.29, 1.82) is 0 Å². The zero-order chi connectivity index (χ0) is 25.9. The van der Waals surface area contributed by atoms with Crippen molar-refractivity contribution in [2.75, 3.05) is 0 Å². The summed E-state index contributed by atoms with van der Waals surface area (Å²) in [6, 6.07) is -4.88. The number of hydrogen-bond donors (Lipinski definition) is 7. The van der Waals surface area contributed by atoms with Crippen LogP contribution in [0.2, 0.25) is 0 Å². The van der Waals surface area contributed by atoms with E-state index in [1.807, 2.05) is 6.92 Å². The van der Waals surface area contributed by atoms with Gasteiger partial charge < -0.3 is 37.6 Å². The number of carboxylic acids is 1. The summed E-state index contributed by atoms with van der Waals surface area (Å²) in [7, 11) is 0. The number of primary amides is 1. The number of carboxylic acid groups (broad SMARTS) is 1. The molecule has 0 bridgehead atoms. The number of hydrogen-bond acceptors (Lipinski definition) is 7. The first kappa shape index (κ1) is 30.3. The number of carbonyl (C=O) groups is 5. The van der Waals surface area contributed by atoms with Gasteiger partial charge in [0, 0.05) is 6.42 Å². The van der Waals surface area contributed by atoms with Crippen LogP contribution in [0.25, 0.3) is 0 Å². The Balaban J connectivity index is 5.57. The third kappa shape index (κ3) is 10.2. The van der Waals surface area contributed by atoms with Gasteiger partial charge in [0.15, 0.2) is 0 Å². The predicted octanol–water partition coefficient (Wildman–Crippen LogP) is -1.41. The molecule has 0 aromatic rings. The van der Waals surface area contributed by atoms with Crippen LogP contribution < -0.4 is 27.4 Å². The number of aliphatic hydroxyl groups is 1. The minimum atomic E-state index is -1.50. The van der Waals surface area contributed by atoms with E-state index in [0.717, 1.165) is 0 Å². The van der Waals surface area contributed by atoms with Gasteiger partial charge in [-0.05, 0) is 25.2 Å². The normalized spacial score (nSPS) is 17.4. The lowest BCUT2D eigenvalue weighted by Crippen LogP contribution is -2.60. The van der Waals surface area contributed by atoms with Crippen LogP contribution in [0.15, 0.2) is 0 Å². The average Bonchev–Trinajstić information content (AvgIpc) is 2.75. The van der Waals surface area contributed by atoms with Gasteiger partial charge in [-0.3, -0.25) is 19.2 Å². The van der Waals surface area contributed by atoms with Gasteiger partial charge in [0.05, 0.1) is 12.1 Å². The Bertz CT molecular complexity index is 700. The Kier molecular flexibility index (Phi) is 13.2. The first-order valence-electron chi connectivity index (χ1n) is 11.1. The van der Waals surface area contributed by atoms with Crippen molar-refractivity contribution in [3.8, 4) is 0 Å². The maximum Gasteiger partial charge on any atom is 0.326 e. The number of nitrogens with two attached hydrogens (primary N) is 2. The van der Waals surface area contributed by atoms with Gasteiger partial charge >= 0.3 is 5.97 Å². The average molecular weight is 474 g/mol. The van der Waals surface area contributed by atoms with Crippen molar-refractivity contribution >= 4 is 29.6 Å². The molecule has 190 valence electrons. The Labute approximate surface area is 194 Å². The molecule has 4 amide bonds. The van der Waals surface area contributed by atoms with E-state index in [9.17, 15) is 34.2 Å². The molecule has 0 saturated carbocycles. The quantitative estimate of drug-likeness (QED) is 0.150. The molecule has 0 aromatic heterocycles. The topological polar surface area (TPSA) is 214 Å². The Morgan fingerprint density at radius 2 is 1.33 bits per heavy atom. The number of aliphatic carboxylic acids is 1. The van der Waals surface area contributed by atoms with Crippen LogP contribution in [-0.2, 0) is 24.0 Å². The SMILES string of the molecule is CCC(C)C(N)C(=O)NC(CCC(N)=O)C(=O)NC(C(=O)NC(C(=O)O)C(C)CC)C(C)O. The molecule has 0 heterocycles. The van der Waals surface area contributed by atoms with Crippen LogP contribution in [0.3, 0.4) is 0 Å². The van der Waals surface area contributed by atoms with E-state index in [0.29, 0.717) is 12.8 Å². The molecule has 0 saturated heterocycles. The van der Waals surface area contributed by atoms with Gasteiger partial charge in [-0.25, -0.2) is 4.79 Å². The summed E-state index contributed by atoms with van der Waals surface area (Å²) in [4.78, 5) is 60.7. The highest BCUT2D eigenvalue weighted by Gasteiger charge is 2.34. The highest BCUT2D eigenvalue weighted by atomic mass is 16.4. The highest BCUT2D eigenvalue weighted by molar-refractivity contribution is 5.94. The van der Waals surface area contributed by atoms with Gasteiger partial charge in [0.25, 0.3) is 0 Å². The second-order valence-electron chi connectivity index (χ2n) is 8.41. The van der Waals surface area contributed by atoms with Crippen LogP contribution in [0.4, 0.5) is 0 Å². The van der Waals surface area contributed by atoms with E-state index < -0.39 is 65.8 Å². The van der Waals surface area contributed by atoms with Gasteiger partial charge in [0.1, 0.15) is 18.1 Å². The summed E-state index contributed by atoms with van der Waals surface area (Å²) >= 11 is 0. The standard InChI is InChI=1S/C21H39N5O7/c1-6-10(3)15(23)19(30)24-13(8-9-14(22)28)18(29)26-17(12(5)27)20(31)25-16(21(32)33)11(4)7-2/h10-13,15-17,27H,6-9,23H2,1-5H3,(H2,22,28)(H,24,30)(H,25,31)(H,26,29)(H,32,33). The third-order valence-electron chi connectivity index (χ3n) is 5.71. The molecule has 0 fully saturated rings. The molecule has 0 aromatic carbocycles. The molecule has 0 aliphatic heterocycles. The second-order valence-corrected chi connectivity index (χ2v) is 8.41. The fraction of sp³-hybridized carbons (Fsp3) is 0.762. The van der Waals surface area contributed by atoms with Crippen LogP contribution in [-0.4, -0.2) is 70.1 Å². The summed E-state index contributed by atoms with van der Waals surface area (Å²) < 4.78 is 0. The summed E-state index contributed by atoms with van der Waals surface area (Å²) in [5.41, 5.74) is 11.1. The highest BCUT2D eigenvalue weighted by Crippen LogP contribution is 2.10. The number of carbonyl (C=O) groups excluding carboxylic acids is 4. The molecule has 0 spiro atoms. The monoisotopic (exact) mass is 473 g/mol. The van der Waals surface area contributed by atoms with E-state index >= 15 is 0 Å². The summed E-state index contributed by atoms with van der Waals surface area (Å²) in [5, 5.41) is 26.6. The minimum absolute atomic E-state index is 0.154. The van der Waals surface area contributed by atoms with Crippen LogP contribution in [0.1, 0.15) is 60.3 Å². The first-order chi connectivity index (χ1) is 15.3. The van der Waals surface area contributed by atoms with E-state index in [-0.39, 0.29) is 18.8 Å². The Morgan fingerprint density at radius 1 is 0.818 bits per heavy atom. The van der Waals surface area contributed by atoms with Crippen molar-refractivity contribution in [2.45, 2.75) is 90.6 Å². The van der Waals surface area contributed by atoms with Gasteiger partial charge in [-0.2, -0.15) is 0 Å². The lowest BCUT2D eigenvalue weighted by molar-refractivity contribution is -0.144. The number of amides is 4. The third-order valence-corrected chi connectivity index (χ3v) is 5.71. The van der Waals surface area contributed by atoms with E-state index in [1.54, 1.807) is 20.8 Å². The smallest absolute Gasteiger partial charge is 0.326 e. The molecule has 7 unspecified atom stereocenters. The Hall–Kier alpha value is -2.73. The molecule has 0 aliphatic rings. The van der Waals surface area contributed by atoms with Crippen molar-refractivity contribution in [3.05, 3.63) is 0 Å². The van der Waals surface area contributed by atoms with E-state index in [2.05, 4.69) is 16.0 Å². The van der Waals surface area contributed by atoms with Crippen molar-refractivity contribution < 1.29 is 34.2 Å². The fourth-order valence-electron chi connectivity index (χ4n) is 2.92. The largest absolute Gasteiger partial charge is 0.480 e. The second kappa shape index (κ2) is 14.4. The van der Waals surface area contributed by atoms with Crippen molar-refractivity contribution in [1.82, 2.24) is 16.0 Å². The number of rotatable bonds is 15. The molecular formula is C21H39N5O7. The van der Waals surface area contributed by atoms with Gasteiger partial charge in [0.2, 0.25) is 23.6 Å². The predicted molar refractivity (Wildman–Crippen MR) is 120 cm³/mol. The van der Waals surface area contributed by atoms with E-state index in [1.165, 1.54) is 6.92 Å². The summed E-state index contributed by atoms with van der Waals surface area (Å²) in [5.74, 6) is -4.89. The zero-order valence-corrected chi connectivity index (χ0v) is 20.0. The molecule has 12 heteroatoms. The summed E-state index contributed by atoms with van der Waals surface area (Å²) in [6.07, 6.45) is -0.662. The molecular weight excluding hydrogens is 434 g/mol. The van der Waals surface area contributed by atoms with Gasteiger partial charge in [-0.15, -0.1) is 0 Å². The van der Waals surface area contributed by atoms with Crippen LogP contribution in [0, 0.1) is 11.8 Å². The van der Waals surface area contributed by atoms with Crippen LogP contribution >= 0.6 is 0 Å².